The molecule has 4 nitrogen and oxygen atoms in total. The summed E-state index contributed by atoms with van der Waals surface area (Å²) >= 11 is 0. The second-order valence-corrected chi connectivity index (χ2v) is 6.26. The van der Waals surface area contributed by atoms with Gasteiger partial charge in [-0.3, -0.25) is 0 Å². The Balaban J connectivity index is 0.00000220. The summed E-state index contributed by atoms with van der Waals surface area (Å²) in [6, 6.07) is 0. The summed E-state index contributed by atoms with van der Waals surface area (Å²) in [5.74, 6) is 0. The van der Waals surface area contributed by atoms with Crippen molar-refractivity contribution in [2.45, 2.75) is 26.7 Å². The lowest BCUT2D eigenvalue weighted by atomic mass is 10.2. The van der Waals surface area contributed by atoms with Crippen LogP contribution >= 0.6 is 24.8 Å². The van der Waals surface area contributed by atoms with E-state index in [-0.39, 0.29) is 24.8 Å². The van der Waals surface area contributed by atoms with Gasteiger partial charge in [-0.1, -0.05) is 13.8 Å². The average molecular weight is 355 g/mol. The number of rotatable bonds is 2. The number of hydrogen-bond donors (Lipinski definition) is 0. The predicted molar refractivity (Wildman–Crippen MR) is 101 cm³/mol. The molecule has 0 radical (unpaired) electrons. The van der Waals surface area contributed by atoms with Crippen LogP contribution in [0, 0.1) is 0 Å². The summed E-state index contributed by atoms with van der Waals surface area (Å²) in [6.45, 7) is 19.7. The number of fused-ring (bicyclic) bond motifs is 3. The normalized spacial score (nSPS) is 29.2. The third kappa shape index (κ3) is 7.80. The second kappa shape index (κ2) is 12.8. The van der Waals surface area contributed by atoms with Gasteiger partial charge < -0.3 is 19.6 Å². The molecule has 2 rings (SSSR count). The third-order valence-electron chi connectivity index (χ3n) is 4.99. The topological polar surface area (TPSA) is 13.0 Å². The molecule has 6 heteroatoms. The van der Waals surface area contributed by atoms with Gasteiger partial charge >= 0.3 is 0 Å². The van der Waals surface area contributed by atoms with Crippen molar-refractivity contribution < 1.29 is 0 Å². The Hall–Kier alpha value is 0.420. The molecule has 2 bridgehead atoms. The molecule has 2 aliphatic heterocycles. The van der Waals surface area contributed by atoms with Crippen LogP contribution in [-0.2, 0) is 0 Å². The van der Waals surface area contributed by atoms with Gasteiger partial charge in [0.15, 0.2) is 0 Å². The zero-order chi connectivity index (χ0) is 14.2. The molecule has 0 aromatic carbocycles. The van der Waals surface area contributed by atoms with E-state index in [1.165, 1.54) is 91.4 Å². The van der Waals surface area contributed by atoms with E-state index < -0.39 is 0 Å². The minimum atomic E-state index is 0. The fourth-order valence-electron chi connectivity index (χ4n) is 3.41. The first-order valence-electron chi connectivity index (χ1n) is 8.71. The highest BCUT2D eigenvalue weighted by Gasteiger charge is 2.16. The summed E-state index contributed by atoms with van der Waals surface area (Å²) in [6.07, 6.45) is 2.67. The van der Waals surface area contributed by atoms with E-state index in [1.807, 2.05) is 0 Å². The first kappa shape index (κ1) is 22.4. The van der Waals surface area contributed by atoms with Gasteiger partial charge in [0.05, 0.1) is 0 Å². The lowest BCUT2D eigenvalue weighted by Crippen LogP contribution is -2.46. The van der Waals surface area contributed by atoms with Crippen molar-refractivity contribution in [3.8, 4) is 0 Å². The Morgan fingerprint density at radius 2 is 0.864 bits per heavy atom. The standard InChI is InChI=1S/C16H34N4.2ClH/c1-3-17-7-5-9-20-14-12-18(4-2)8-6-10-19(13-11-17)15-16-20;;/h3-16H2,1-2H3;2*1H. The van der Waals surface area contributed by atoms with E-state index in [1.54, 1.807) is 0 Å². The van der Waals surface area contributed by atoms with Gasteiger partial charge in [0, 0.05) is 39.3 Å². The SMILES string of the molecule is CCN1CCCN2CCN(CC)CCCN(CC1)CC2.Cl.Cl. The molecule has 0 aromatic rings. The summed E-state index contributed by atoms with van der Waals surface area (Å²) in [5.41, 5.74) is 0. The van der Waals surface area contributed by atoms with Crippen molar-refractivity contribution in [1.29, 1.82) is 0 Å². The largest absolute Gasteiger partial charge is 0.302 e. The first-order chi connectivity index (χ1) is 9.81. The molecule has 2 aliphatic rings. The summed E-state index contributed by atoms with van der Waals surface area (Å²) in [7, 11) is 0. The minimum absolute atomic E-state index is 0. The average Bonchev–Trinajstić information content (AvgIpc) is 2.49. The Kier molecular flexibility index (Phi) is 13.0. The summed E-state index contributed by atoms with van der Waals surface area (Å²) in [4.78, 5) is 10.6. The number of nitrogens with zero attached hydrogens (tertiary/aromatic N) is 4. The van der Waals surface area contributed by atoms with Gasteiger partial charge in [-0.15, -0.1) is 24.8 Å². The van der Waals surface area contributed by atoms with Crippen LogP contribution in [0.25, 0.3) is 0 Å². The highest BCUT2D eigenvalue weighted by molar-refractivity contribution is 5.85. The molecule has 0 aromatic heterocycles. The van der Waals surface area contributed by atoms with Crippen molar-refractivity contribution in [2.24, 2.45) is 0 Å². The Morgan fingerprint density at radius 3 is 1.23 bits per heavy atom. The van der Waals surface area contributed by atoms with Crippen LogP contribution in [0.2, 0.25) is 0 Å². The van der Waals surface area contributed by atoms with E-state index in [0.29, 0.717) is 0 Å². The summed E-state index contributed by atoms with van der Waals surface area (Å²) < 4.78 is 0. The first-order valence-corrected chi connectivity index (χ1v) is 8.71. The zero-order valence-corrected chi connectivity index (χ0v) is 16.1. The molecular formula is C16H36Cl2N4. The predicted octanol–water partition coefficient (Wildman–Crippen LogP) is 1.89. The van der Waals surface area contributed by atoms with Gasteiger partial charge in [-0.05, 0) is 52.1 Å². The van der Waals surface area contributed by atoms with Crippen molar-refractivity contribution in [3.05, 3.63) is 0 Å². The quantitative estimate of drug-likeness (QED) is 0.750. The van der Waals surface area contributed by atoms with Crippen LogP contribution in [0.3, 0.4) is 0 Å². The Morgan fingerprint density at radius 1 is 0.500 bits per heavy atom. The molecule has 2 unspecified atom stereocenters. The van der Waals surface area contributed by atoms with Gasteiger partial charge in [0.25, 0.3) is 0 Å². The molecule has 2 fully saturated rings. The number of hydrogen-bond acceptors (Lipinski definition) is 4. The van der Waals surface area contributed by atoms with E-state index in [4.69, 9.17) is 0 Å². The van der Waals surface area contributed by atoms with Gasteiger partial charge in [0.1, 0.15) is 0 Å². The molecule has 0 spiro atoms. The second-order valence-electron chi connectivity index (χ2n) is 6.26. The van der Waals surface area contributed by atoms with Crippen LogP contribution in [0.1, 0.15) is 26.7 Å². The van der Waals surface area contributed by atoms with Crippen LogP contribution in [-0.4, -0.2) is 98.1 Å². The Bertz CT molecular complexity index is 239. The van der Waals surface area contributed by atoms with E-state index in [9.17, 15) is 0 Å². The molecular weight excluding hydrogens is 319 g/mol. The number of likely N-dealkylation sites (N-methyl/N-ethyl adjacent to an activating group) is 2. The lowest BCUT2D eigenvalue weighted by Gasteiger charge is -2.35. The van der Waals surface area contributed by atoms with Gasteiger partial charge in [-0.2, -0.15) is 0 Å². The fourth-order valence-corrected chi connectivity index (χ4v) is 3.41. The molecule has 134 valence electrons. The Labute approximate surface area is 150 Å². The molecule has 0 saturated carbocycles. The highest BCUT2D eigenvalue weighted by Crippen LogP contribution is 2.05. The highest BCUT2D eigenvalue weighted by atomic mass is 35.5. The monoisotopic (exact) mass is 354 g/mol. The van der Waals surface area contributed by atoms with Crippen molar-refractivity contribution in [1.82, 2.24) is 19.6 Å². The van der Waals surface area contributed by atoms with Gasteiger partial charge in [0.2, 0.25) is 0 Å². The third-order valence-corrected chi connectivity index (χ3v) is 4.99. The van der Waals surface area contributed by atoms with Crippen LogP contribution < -0.4 is 0 Å². The maximum atomic E-state index is 2.69. The molecule has 0 N–H and O–H groups in total. The maximum Gasteiger partial charge on any atom is 0.0110 e. The molecule has 0 aliphatic carbocycles. The zero-order valence-electron chi connectivity index (χ0n) is 14.5. The fraction of sp³-hybridized carbons (Fsp3) is 1.00. The smallest absolute Gasteiger partial charge is 0.0110 e. The van der Waals surface area contributed by atoms with E-state index >= 15 is 0 Å². The summed E-state index contributed by atoms with van der Waals surface area (Å²) in [5, 5.41) is 0. The van der Waals surface area contributed by atoms with E-state index in [0.717, 1.165) is 0 Å². The van der Waals surface area contributed by atoms with E-state index in [2.05, 4.69) is 33.4 Å². The minimum Gasteiger partial charge on any atom is -0.302 e. The molecule has 2 atom stereocenters. The maximum absolute atomic E-state index is 2.69. The molecule has 2 heterocycles. The number of halogens is 2. The van der Waals surface area contributed by atoms with Gasteiger partial charge in [-0.25, -0.2) is 0 Å². The molecule has 0 amide bonds. The van der Waals surface area contributed by atoms with Crippen LogP contribution in [0.4, 0.5) is 0 Å². The van der Waals surface area contributed by atoms with Crippen molar-refractivity contribution in [3.63, 3.8) is 0 Å². The van der Waals surface area contributed by atoms with Crippen molar-refractivity contribution >= 4 is 24.8 Å². The molecule has 2 saturated heterocycles. The van der Waals surface area contributed by atoms with Crippen LogP contribution in [0.5, 0.6) is 0 Å². The lowest BCUT2D eigenvalue weighted by molar-refractivity contribution is 0.123. The molecule has 22 heavy (non-hydrogen) atoms. The van der Waals surface area contributed by atoms with Crippen molar-refractivity contribution in [2.75, 3.05) is 78.5 Å². The van der Waals surface area contributed by atoms with Crippen LogP contribution in [0.15, 0.2) is 0 Å².